The highest BCUT2D eigenvalue weighted by Crippen LogP contribution is 2.17. The fraction of sp³-hybridized carbons (Fsp3) is 0.571. The summed E-state index contributed by atoms with van der Waals surface area (Å²) < 4.78 is 11.2. The lowest BCUT2D eigenvalue weighted by Crippen LogP contribution is -2.16. The predicted octanol–water partition coefficient (Wildman–Crippen LogP) is 2.17. The molecule has 0 saturated carbocycles. The molecule has 3 heteroatoms. The van der Waals surface area contributed by atoms with Gasteiger partial charge in [0.15, 0.2) is 0 Å². The van der Waals surface area contributed by atoms with Gasteiger partial charge in [0, 0.05) is 6.61 Å². The van der Waals surface area contributed by atoms with E-state index in [-0.39, 0.29) is 12.2 Å². The highest BCUT2D eigenvalue weighted by molar-refractivity contribution is 5.27. The molecular weight excluding hydrogens is 216 g/mol. The van der Waals surface area contributed by atoms with E-state index in [1.54, 1.807) is 6.92 Å². The lowest BCUT2D eigenvalue weighted by Gasteiger charge is -2.12. The van der Waals surface area contributed by atoms with Gasteiger partial charge in [0.2, 0.25) is 0 Å². The van der Waals surface area contributed by atoms with E-state index in [2.05, 4.69) is 0 Å². The molecule has 0 bridgehead atoms. The normalized spacial score (nSPS) is 21.4. The highest BCUT2D eigenvalue weighted by Gasteiger charge is 2.15. The van der Waals surface area contributed by atoms with Gasteiger partial charge in [-0.1, -0.05) is 12.1 Å². The van der Waals surface area contributed by atoms with Gasteiger partial charge in [0.1, 0.15) is 12.4 Å². The van der Waals surface area contributed by atoms with Gasteiger partial charge in [0.05, 0.1) is 12.2 Å². The Morgan fingerprint density at radius 1 is 1.41 bits per heavy atom. The van der Waals surface area contributed by atoms with Gasteiger partial charge < -0.3 is 14.6 Å². The van der Waals surface area contributed by atoms with Crippen molar-refractivity contribution in [3.63, 3.8) is 0 Å². The highest BCUT2D eigenvalue weighted by atomic mass is 16.5. The van der Waals surface area contributed by atoms with Crippen molar-refractivity contribution in [2.75, 3.05) is 13.2 Å². The molecule has 1 aromatic carbocycles. The third kappa shape index (κ3) is 4.02. The van der Waals surface area contributed by atoms with Crippen LogP contribution in [0.5, 0.6) is 5.75 Å². The quantitative estimate of drug-likeness (QED) is 0.851. The van der Waals surface area contributed by atoms with E-state index < -0.39 is 0 Å². The van der Waals surface area contributed by atoms with E-state index in [4.69, 9.17) is 9.47 Å². The molecule has 3 nitrogen and oxygen atoms in total. The summed E-state index contributed by atoms with van der Waals surface area (Å²) in [5.74, 6) is 0.870. The van der Waals surface area contributed by atoms with Crippen molar-refractivity contribution in [1.29, 1.82) is 0 Å². The van der Waals surface area contributed by atoms with E-state index >= 15 is 0 Å². The van der Waals surface area contributed by atoms with Crippen molar-refractivity contribution in [1.82, 2.24) is 0 Å². The largest absolute Gasteiger partial charge is 0.491 e. The van der Waals surface area contributed by atoms with E-state index in [0.29, 0.717) is 13.0 Å². The van der Waals surface area contributed by atoms with Crippen molar-refractivity contribution < 1.29 is 14.6 Å². The molecule has 1 aromatic rings. The summed E-state index contributed by atoms with van der Waals surface area (Å²) >= 11 is 0. The standard InChI is InChI=1S/C14H20O3/c1-11(15)9-12-4-6-13(7-5-12)17-10-14-3-2-8-16-14/h4-7,11,14-15H,2-3,8-10H2,1H3. The average molecular weight is 236 g/mol. The molecule has 1 heterocycles. The number of hydrogen-bond donors (Lipinski definition) is 1. The van der Waals surface area contributed by atoms with Crippen LogP contribution in [0.25, 0.3) is 0 Å². The molecule has 2 atom stereocenters. The third-order valence-electron chi connectivity index (χ3n) is 2.91. The molecule has 0 aromatic heterocycles. The topological polar surface area (TPSA) is 38.7 Å². The molecule has 1 fully saturated rings. The zero-order valence-corrected chi connectivity index (χ0v) is 10.3. The molecule has 1 saturated heterocycles. The van der Waals surface area contributed by atoms with Crippen molar-refractivity contribution >= 4 is 0 Å². The summed E-state index contributed by atoms with van der Waals surface area (Å²) in [5.41, 5.74) is 1.13. The van der Waals surface area contributed by atoms with Gasteiger partial charge in [0.25, 0.3) is 0 Å². The minimum absolute atomic E-state index is 0.257. The number of ether oxygens (including phenoxy) is 2. The van der Waals surface area contributed by atoms with Gasteiger partial charge in [-0.15, -0.1) is 0 Å². The molecule has 0 radical (unpaired) electrons. The number of aliphatic hydroxyl groups is 1. The Morgan fingerprint density at radius 3 is 2.76 bits per heavy atom. The fourth-order valence-corrected chi connectivity index (χ4v) is 2.03. The maximum absolute atomic E-state index is 9.27. The summed E-state index contributed by atoms with van der Waals surface area (Å²) in [6.45, 7) is 3.29. The molecule has 94 valence electrons. The summed E-state index contributed by atoms with van der Waals surface area (Å²) in [6, 6.07) is 7.90. The van der Waals surface area contributed by atoms with Crippen LogP contribution in [0.2, 0.25) is 0 Å². The van der Waals surface area contributed by atoms with Gasteiger partial charge in [-0.3, -0.25) is 0 Å². The zero-order chi connectivity index (χ0) is 12.1. The van der Waals surface area contributed by atoms with Crippen LogP contribution in [0.4, 0.5) is 0 Å². The Bertz CT molecular complexity index is 326. The Labute approximate surface area is 102 Å². The predicted molar refractivity (Wildman–Crippen MR) is 66.3 cm³/mol. The van der Waals surface area contributed by atoms with Gasteiger partial charge in [-0.25, -0.2) is 0 Å². The summed E-state index contributed by atoms with van der Waals surface area (Å²) in [4.78, 5) is 0. The van der Waals surface area contributed by atoms with E-state index in [1.165, 1.54) is 0 Å². The first-order chi connectivity index (χ1) is 8.24. The zero-order valence-electron chi connectivity index (χ0n) is 10.3. The number of benzene rings is 1. The van der Waals surface area contributed by atoms with E-state index in [9.17, 15) is 5.11 Å². The van der Waals surface area contributed by atoms with Crippen molar-refractivity contribution in [2.45, 2.75) is 38.4 Å². The van der Waals surface area contributed by atoms with Crippen LogP contribution in [0, 0.1) is 0 Å². The van der Waals surface area contributed by atoms with Gasteiger partial charge in [-0.05, 0) is 43.9 Å². The number of aliphatic hydroxyl groups excluding tert-OH is 1. The molecule has 0 amide bonds. The minimum atomic E-state index is -0.298. The minimum Gasteiger partial charge on any atom is -0.491 e. The first kappa shape index (κ1) is 12.4. The van der Waals surface area contributed by atoms with Crippen molar-refractivity contribution in [3.05, 3.63) is 29.8 Å². The molecule has 1 N–H and O–H groups in total. The molecule has 1 aliphatic rings. The van der Waals surface area contributed by atoms with E-state index in [1.807, 2.05) is 24.3 Å². The Hall–Kier alpha value is -1.06. The van der Waals surface area contributed by atoms with Gasteiger partial charge >= 0.3 is 0 Å². The van der Waals surface area contributed by atoms with E-state index in [0.717, 1.165) is 30.8 Å². The second kappa shape index (κ2) is 6.03. The molecule has 2 unspecified atom stereocenters. The van der Waals surface area contributed by atoms with Crippen molar-refractivity contribution in [2.24, 2.45) is 0 Å². The maximum atomic E-state index is 9.27. The maximum Gasteiger partial charge on any atom is 0.119 e. The van der Waals surface area contributed by atoms with Gasteiger partial charge in [-0.2, -0.15) is 0 Å². The SMILES string of the molecule is CC(O)Cc1ccc(OCC2CCCO2)cc1. The first-order valence-corrected chi connectivity index (χ1v) is 6.25. The third-order valence-corrected chi connectivity index (χ3v) is 2.91. The Kier molecular flexibility index (Phi) is 4.40. The smallest absolute Gasteiger partial charge is 0.119 e. The lowest BCUT2D eigenvalue weighted by atomic mass is 10.1. The summed E-state index contributed by atoms with van der Waals surface area (Å²) in [7, 11) is 0. The average Bonchev–Trinajstić information content (AvgIpc) is 2.80. The van der Waals surface area contributed by atoms with Crippen LogP contribution in [0.3, 0.4) is 0 Å². The van der Waals surface area contributed by atoms with Crippen LogP contribution in [0.15, 0.2) is 24.3 Å². The molecule has 1 aliphatic heterocycles. The molecule has 0 spiro atoms. The summed E-state index contributed by atoms with van der Waals surface area (Å²) in [5, 5.41) is 9.27. The lowest BCUT2D eigenvalue weighted by molar-refractivity contribution is 0.0679. The Balaban J connectivity index is 1.80. The molecule has 17 heavy (non-hydrogen) atoms. The molecular formula is C14H20O3. The van der Waals surface area contributed by atoms with Crippen LogP contribution in [-0.4, -0.2) is 30.5 Å². The second-order valence-corrected chi connectivity index (χ2v) is 4.64. The van der Waals surface area contributed by atoms with Crippen molar-refractivity contribution in [3.8, 4) is 5.75 Å². The molecule has 2 rings (SSSR count). The summed E-state index contributed by atoms with van der Waals surface area (Å²) in [6.07, 6.45) is 2.88. The monoisotopic (exact) mass is 236 g/mol. The first-order valence-electron chi connectivity index (χ1n) is 6.25. The van der Waals surface area contributed by atoms with Crippen LogP contribution in [-0.2, 0) is 11.2 Å². The van der Waals surface area contributed by atoms with Crippen LogP contribution < -0.4 is 4.74 Å². The van der Waals surface area contributed by atoms with Crippen LogP contribution >= 0.6 is 0 Å². The Morgan fingerprint density at radius 2 is 2.18 bits per heavy atom. The molecule has 0 aliphatic carbocycles. The second-order valence-electron chi connectivity index (χ2n) is 4.64. The number of rotatable bonds is 5. The number of hydrogen-bond acceptors (Lipinski definition) is 3. The fourth-order valence-electron chi connectivity index (χ4n) is 2.03. The van der Waals surface area contributed by atoms with Crippen LogP contribution in [0.1, 0.15) is 25.3 Å².